The first kappa shape index (κ1) is 13.2. The first-order valence-corrected chi connectivity index (χ1v) is 6.64. The largest absolute Gasteiger partial charge is 0.368 e. The minimum atomic E-state index is -0.0523. The van der Waals surface area contributed by atoms with Crippen LogP contribution in [0.5, 0.6) is 0 Å². The van der Waals surface area contributed by atoms with E-state index in [0.29, 0.717) is 23.6 Å². The van der Waals surface area contributed by atoms with E-state index in [0.717, 1.165) is 11.9 Å². The molecule has 0 spiro atoms. The highest BCUT2D eigenvalue weighted by molar-refractivity contribution is 6.04. The van der Waals surface area contributed by atoms with Gasteiger partial charge in [-0.1, -0.05) is 6.92 Å². The maximum atomic E-state index is 11.8. The van der Waals surface area contributed by atoms with Gasteiger partial charge in [-0.15, -0.1) is 0 Å². The van der Waals surface area contributed by atoms with E-state index >= 15 is 0 Å². The molecule has 3 rings (SSSR count). The van der Waals surface area contributed by atoms with Gasteiger partial charge in [0.15, 0.2) is 5.78 Å². The van der Waals surface area contributed by atoms with Crippen LogP contribution in [-0.2, 0) is 6.54 Å². The van der Waals surface area contributed by atoms with Crippen LogP contribution in [-0.4, -0.2) is 35.1 Å². The van der Waals surface area contributed by atoms with Crippen molar-refractivity contribution in [2.24, 2.45) is 0 Å². The quantitative estimate of drug-likeness (QED) is 0.722. The molecule has 0 saturated heterocycles. The summed E-state index contributed by atoms with van der Waals surface area (Å²) in [5, 5.41) is 4.09. The first-order valence-electron chi connectivity index (χ1n) is 6.64. The summed E-state index contributed by atoms with van der Waals surface area (Å²) in [4.78, 5) is 24.3. The van der Waals surface area contributed by atoms with Crippen molar-refractivity contribution in [1.29, 1.82) is 0 Å². The van der Waals surface area contributed by atoms with Gasteiger partial charge in [0.2, 0.25) is 11.9 Å². The van der Waals surface area contributed by atoms with Crippen molar-refractivity contribution in [3.05, 3.63) is 24.3 Å². The van der Waals surface area contributed by atoms with Crippen molar-refractivity contribution >= 4 is 22.8 Å². The molecule has 3 aromatic heterocycles. The number of Topliss-reactive ketones (excluding diaryl/α,β-unsaturated/α-hetero) is 1. The number of aromatic nitrogens is 6. The zero-order valence-electron chi connectivity index (χ0n) is 11.8. The molecular formula is C13H15N7O. The van der Waals surface area contributed by atoms with Crippen molar-refractivity contribution in [3.63, 3.8) is 0 Å². The Morgan fingerprint density at radius 3 is 2.81 bits per heavy atom. The minimum Gasteiger partial charge on any atom is -0.368 e. The Bertz CT molecular complexity index is 817. The average molecular weight is 285 g/mol. The van der Waals surface area contributed by atoms with Crippen molar-refractivity contribution in [1.82, 2.24) is 29.3 Å². The normalized spacial score (nSPS) is 11.1. The number of ketones is 1. The van der Waals surface area contributed by atoms with Crippen molar-refractivity contribution in [2.45, 2.75) is 26.8 Å². The number of hydrogen-bond acceptors (Lipinski definition) is 6. The minimum absolute atomic E-state index is 0.0523. The number of nitrogens with two attached hydrogens (primary N) is 1. The van der Waals surface area contributed by atoms with Crippen LogP contribution in [0.2, 0.25) is 0 Å². The second kappa shape index (κ2) is 4.97. The number of aryl methyl sites for hydroxylation is 1. The molecule has 3 aromatic rings. The summed E-state index contributed by atoms with van der Waals surface area (Å²) >= 11 is 0. The summed E-state index contributed by atoms with van der Waals surface area (Å²) in [6.45, 7) is 4.26. The number of anilines is 1. The Labute approximate surface area is 120 Å². The third kappa shape index (κ3) is 2.04. The van der Waals surface area contributed by atoms with Gasteiger partial charge in [0, 0.05) is 12.7 Å². The van der Waals surface area contributed by atoms with Gasteiger partial charge in [0.25, 0.3) is 0 Å². The zero-order chi connectivity index (χ0) is 15.0. The molecule has 3 heterocycles. The fraction of sp³-hybridized carbons (Fsp3) is 0.308. The molecule has 0 aliphatic heterocycles. The SMILES string of the molecule is CCCn1c(-n2ncnc2N)nc2cncc(C(C)=O)c21. The highest BCUT2D eigenvalue weighted by Crippen LogP contribution is 2.23. The molecule has 0 radical (unpaired) electrons. The van der Waals surface area contributed by atoms with Crippen LogP contribution < -0.4 is 5.73 Å². The van der Waals surface area contributed by atoms with Gasteiger partial charge >= 0.3 is 0 Å². The Balaban J connectivity index is 2.36. The molecule has 8 nitrogen and oxygen atoms in total. The lowest BCUT2D eigenvalue weighted by molar-refractivity contribution is 0.101. The molecule has 108 valence electrons. The van der Waals surface area contributed by atoms with Crippen LogP contribution in [0, 0.1) is 0 Å². The van der Waals surface area contributed by atoms with Crippen molar-refractivity contribution < 1.29 is 4.79 Å². The smallest absolute Gasteiger partial charge is 0.235 e. The Kier molecular flexibility index (Phi) is 3.13. The fourth-order valence-electron chi connectivity index (χ4n) is 2.34. The van der Waals surface area contributed by atoms with E-state index < -0.39 is 0 Å². The standard InChI is InChI=1S/C13H15N7O/c1-3-4-19-11-9(8(2)21)5-15-6-10(11)18-13(19)20-12(14)16-7-17-20/h5-7H,3-4H2,1-2H3,(H2,14,16,17). The molecule has 0 bridgehead atoms. The number of nitrogens with zero attached hydrogens (tertiary/aromatic N) is 6. The molecule has 8 heteroatoms. The highest BCUT2D eigenvalue weighted by atomic mass is 16.1. The molecule has 0 fully saturated rings. The third-order valence-electron chi connectivity index (χ3n) is 3.22. The monoisotopic (exact) mass is 285 g/mol. The maximum absolute atomic E-state index is 11.8. The van der Waals surface area contributed by atoms with Gasteiger partial charge < -0.3 is 10.3 Å². The number of fused-ring (bicyclic) bond motifs is 1. The first-order chi connectivity index (χ1) is 10.1. The number of nitrogen functional groups attached to an aromatic ring is 1. The van der Waals surface area contributed by atoms with Crippen LogP contribution >= 0.6 is 0 Å². The van der Waals surface area contributed by atoms with E-state index in [1.807, 2.05) is 4.57 Å². The molecular weight excluding hydrogens is 270 g/mol. The van der Waals surface area contributed by atoms with E-state index in [9.17, 15) is 4.79 Å². The Morgan fingerprint density at radius 2 is 2.19 bits per heavy atom. The highest BCUT2D eigenvalue weighted by Gasteiger charge is 2.19. The maximum Gasteiger partial charge on any atom is 0.235 e. The number of pyridine rings is 1. The molecule has 0 atom stereocenters. The van der Waals surface area contributed by atoms with Crippen LogP contribution in [0.4, 0.5) is 5.95 Å². The van der Waals surface area contributed by atoms with E-state index in [2.05, 4.69) is 27.0 Å². The van der Waals surface area contributed by atoms with Crippen molar-refractivity contribution in [3.8, 4) is 5.95 Å². The summed E-state index contributed by atoms with van der Waals surface area (Å²) in [5.74, 6) is 0.737. The lowest BCUT2D eigenvalue weighted by Crippen LogP contribution is -2.11. The summed E-state index contributed by atoms with van der Waals surface area (Å²) in [6.07, 6.45) is 5.44. The third-order valence-corrected chi connectivity index (χ3v) is 3.22. The number of hydrogen-bond donors (Lipinski definition) is 1. The molecule has 0 aliphatic carbocycles. The fourth-order valence-corrected chi connectivity index (χ4v) is 2.34. The molecule has 0 aliphatic rings. The summed E-state index contributed by atoms with van der Waals surface area (Å²) in [7, 11) is 0. The Hall–Kier alpha value is -2.77. The summed E-state index contributed by atoms with van der Waals surface area (Å²) in [5.41, 5.74) is 7.74. The van der Waals surface area contributed by atoms with E-state index in [4.69, 9.17) is 5.73 Å². The lowest BCUT2D eigenvalue weighted by atomic mass is 10.2. The lowest BCUT2D eigenvalue weighted by Gasteiger charge is -2.09. The molecule has 21 heavy (non-hydrogen) atoms. The van der Waals surface area contributed by atoms with Crippen LogP contribution in [0.15, 0.2) is 18.7 Å². The number of carbonyl (C=O) groups excluding carboxylic acids is 1. The van der Waals surface area contributed by atoms with Gasteiger partial charge in [-0.25, -0.2) is 4.98 Å². The molecule has 0 unspecified atom stereocenters. The molecule has 0 aromatic carbocycles. The molecule has 2 N–H and O–H groups in total. The predicted molar refractivity (Wildman–Crippen MR) is 77.2 cm³/mol. The topological polar surface area (TPSA) is 105 Å². The van der Waals surface area contributed by atoms with Crippen LogP contribution in [0.3, 0.4) is 0 Å². The van der Waals surface area contributed by atoms with Gasteiger partial charge in [-0.3, -0.25) is 9.78 Å². The molecule has 0 saturated carbocycles. The zero-order valence-corrected chi connectivity index (χ0v) is 11.8. The van der Waals surface area contributed by atoms with Gasteiger partial charge in [-0.2, -0.15) is 14.8 Å². The van der Waals surface area contributed by atoms with Gasteiger partial charge in [0.1, 0.15) is 11.8 Å². The second-order valence-electron chi connectivity index (χ2n) is 4.70. The number of imidazole rings is 1. The summed E-state index contributed by atoms with van der Waals surface area (Å²) < 4.78 is 3.39. The predicted octanol–water partition coefficient (Wildman–Crippen LogP) is 1.21. The van der Waals surface area contributed by atoms with Crippen LogP contribution in [0.25, 0.3) is 17.0 Å². The second-order valence-corrected chi connectivity index (χ2v) is 4.70. The van der Waals surface area contributed by atoms with Crippen molar-refractivity contribution in [2.75, 3.05) is 5.73 Å². The van der Waals surface area contributed by atoms with E-state index in [1.54, 1.807) is 12.4 Å². The van der Waals surface area contributed by atoms with Crippen LogP contribution in [0.1, 0.15) is 30.6 Å². The summed E-state index contributed by atoms with van der Waals surface area (Å²) in [6, 6.07) is 0. The number of rotatable bonds is 4. The van der Waals surface area contributed by atoms with Gasteiger partial charge in [-0.05, 0) is 13.3 Å². The Morgan fingerprint density at radius 1 is 1.38 bits per heavy atom. The number of carbonyl (C=O) groups is 1. The average Bonchev–Trinajstić information content (AvgIpc) is 3.03. The molecule has 0 amide bonds. The van der Waals surface area contributed by atoms with E-state index in [1.165, 1.54) is 17.9 Å². The van der Waals surface area contributed by atoms with Gasteiger partial charge in [0.05, 0.1) is 17.3 Å². The van der Waals surface area contributed by atoms with E-state index in [-0.39, 0.29) is 11.7 Å².